The van der Waals surface area contributed by atoms with E-state index in [1.54, 1.807) is 18.2 Å². The average Bonchev–Trinajstić information content (AvgIpc) is 2.78. The molecule has 0 aromatic heterocycles. The number of rotatable bonds is 2. The van der Waals surface area contributed by atoms with Gasteiger partial charge >= 0.3 is 0 Å². The highest BCUT2D eigenvalue weighted by Gasteiger charge is 2.32. The number of nitrogens with one attached hydrogen (secondary N) is 1. The summed E-state index contributed by atoms with van der Waals surface area (Å²) in [5, 5.41) is 13.1. The lowest BCUT2D eigenvalue weighted by Gasteiger charge is -2.18. The molecule has 1 amide bonds. The number of amides is 1. The lowest BCUT2D eigenvalue weighted by molar-refractivity contribution is 0.0858. The van der Waals surface area contributed by atoms with E-state index in [0.29, 0.717) is 22.1 Å². The van der Waals surface area contributed by atoms with Gasteiger partial charge in [-0.2, -0.15) is 0 Å². The van der Waals surface area contributed by atoms with Gasteiger partial charge in [0, 0.05) is 22.1 Å². The Morgan fingerprint density at radius 2 is 2.05 bits per heavy atom. The zero-order chi connectivity index (χ0) is 15.0. The summed E-state index contributed by atoms with van der Waals surface area (Å²) in [6.45, 7) is 0. The zero-order valence-corrected chi connectivity index (χ0v) is 12.8. The summed E-state index contributed by atoms with van der Waals surface area (Å²) in [5.41, 5.74) is 8.86. The van der Waals surface area contributed by atoms with Gasteiger partial charge in [0.15, 0.2) is 0 Å². The van der Waals surface area contributed by atoms with E-state index in [1.807, 2.05) is 24.3 Å². The van der Waals surface area contributed by atoms with Crippen molar-refractivity contribution in [1.29, 1.82) is 0 Å². The first kappa shape index (κ1) is 14.1. The van der Waals surface area contributed by atoms with Crippen molar-refractivity contribution in [2.24, 2.45) is 0 Å². The molecule has 2 atom stereocenters. The number of carbonyl (C=O) groups excluding carboxylic acids is 1. The first-order valence-electron chi connectivity index (χ1n) is 6.68. The third-order valence-corrected chi connectivity index (χ3v) is 4.44. The number of aliphatic hydroxyl groups excluding tert-OH is 1. The molecule has 0 aliphatic heterocycles. The predicted octanol–water partition coefficient (Wildman–Crippen LogP) is 2.42. The second kappa shape index (κ2) is 5.50. The van der Waals surface area contributed by atoms with Crippen LogP contribution in [0.2, 0.25) is 0 Å². The number of hydrogen-bond acceptors (Lipinski definition) is 3. The quantitative estimate of drug-likeness (QED) is 0.731. The lowest BCUT2D eigenvalue weighted by atomic mass is 10.1. The van der Waals surface area contributed by atoms with Crippen molar-refractivity contribution in [3.8, 4) is 0 Å². The van der Waals surface area contributed by atoms with Gasteiger partial charge < -0.3 is 16.2 Å². The molecule has 0 spiro atoms. The van der Waals surface area contributed by atoms with Crippen molar-refractivity contribution in [2.75, 3.05) is 5.73 Å². The smallest absolute Gasteiger partial charge is 0.251 e. The predicted molar refractivity (Wildman–Crippen MR) is 84.9 cm³/mol. The normalized spacial score (nSPS) is 20.1. The molecule has 2 aromatic rings. The van der Waals surface area contributed by atoms with Crippen molar-refractivity contribution < 1.29 is 9.90 Å². The molecule has 0 saturated carbocycles. The van der Waals surface area contributed by atoms with Gasteiger partial charge in [0.05, 0.1) is 12.1 Å². The van der Waals surface area contributed by atoms with Crippen LogP contribution in [-0.4, -0.2) is 17.1 Å². The van der Waals surface area contributed by atoms with Crippen LogP contribution in [-0.2, 0) is 6.42 Å². The van der Waals surface area contributed by atoms with Crippen molar-refractivity contribution in [1.82, 2.24) is 5.32 Å². The number of carbonyl (C=O) groups is 1. The van der Waals surface area contributed by atoms with Crippen LogP contribution in [0.25, 0.3) is 0 Å². The number of hydrogen-bond donors (Lipinski definition) is 3. The minimum absolute atomic E-state index is 0.226. The summed E-state index contributed by atoms with van der Waals surface area (Å²) in [4.78, 5) is 12.3. The summed E-state index contributed by atoms with van der Waals surface area (Å²) >= 11 is 3.31. The molecule has 0 bridgehead atoms. The number of halogens is 1. The Balaban J connectivity index is 1.83. The van der Waals surface area contributed by atoms with Crippen molar-refractivity contribution in [3.05, 3.63) is 63.6 Å². The van der Waals surface area contributed by atoms with E-state index in [4.69, 9.17) is 5.73 Å². The fourth-order valence-corrected chi connectivity index (χ4v) is 3.02. The summed E-state index contributed by atoms with van der Waals surface area (Å²) in [6, 6.07) is 12.4. The molecule has 1 aliphatic carbocycles. The van der Waals surface area contributed by atoms with Crippen LogP contribution in [0.3, 0.4) is 0 Å². The number of aliphatic hydroxyl groups is 1. The molecule has 1 aliphatic rings. The van der Waals surface area contributed by atoms with Gasteiger partial charge in [0.2, 0.25) is 0 Å². The number of fused-ring (bicyclic) bond motifs is 1. The van der Waals surface area contributed by atoms with E-state index < -0.39 is 6.10 Å². The van der Waals surface area contributed by atoms with Gasteiger partial charge in [-0.1, -0.05) is 24.3 Å². The summed E-state index contributed by atoms with van der Waals surface area (Å²) in [5.74, 6) is -0.226. The number of nitrogens with two attached hydrogens (primary N) is 1. The Bertz CT molecular complexity index is 702. The third-order valence-electron chi connectivity index (χ3n) is 3.75. The molecule has 0 unspecified atom stereocenters. The van der Waals surface area contributed by atoms with Crippen LogP contribution in [0.1, 0.15) is 27.5 Å². The van der Waals surface area contributed by atoms with E-state index in [-0.39, 0.29) is 11.9 Å². The van der Waals surface area contributed by atoms with Crippen molar-refractivity contribution in [2.45, 2.75) is 18.6 Å². The third kappa shape index (κ3) is 2.66. The Kier molecular flexibility index (Phi) is 3.69. The van der Waals surface area contributed by atoms with Gasteiger partial charge in [-0.25, -0.2) is 0 Å². The Labute approximate surface area is 131 Å². The summed E-state index contributed by atoms with van der Waals surface area (Å²) in [7, 11) is 0. The molecule has 3 rings (SSSR count). The fraction of sp³-hybridized carbons (Fsp3) is 0.188. The summed E-state index contributed by atoms with van der Waals surface area (Å²) < 4.78 is 0.683. The first-order chi connectivity index (χ1) is 10.1. The van der Waals surface area contributed by atoms with Crippen LogP contribution in [0, 0.1) is 0 Å². The highest BCUT2D eigenvalue weighted by Crippen LogP contribution is 2.31. The van der Waals surface area contributed by atoms with Crippen LogP contribution < -0.4 is 11.1 Å². The van der Waals surface area contributed by atoms with Crippen LogP contribution in [0.5, 0.6) is 0 Å². The zero-order valence-electron chi connectivity index (χ0n) is 11.2. The number of benzene rings is 2. The number of nitrogen functional groups attached to an aromatic ring is 1. The average molecular weight is 347 g/mol. The second-order valence-corrected chi connectivity index (χ2v) is 6.01. The minimum Gasteiger partial charge on any atom is -0.398 e. The minimum atomic E-state index is -0.594. The van der Waals surface area contributed by atoms with Crippen molar-refractivity contribution >= 4 is 27.5 Å². The molecule has 0 saturated heterocycles. The van der Waals surface area contributed by atoms with Crippen LogP contribution in [0.4, 0.5) is 5.69 Å². The molecular weight excluding hydrogens is 332 g/mol. The molecule has 4 nitrogen and oxygen atoms in total. The highest BCUT2D eigenvalue weighted by molar-refractivity contribution is 9.10. The fourth-order valence-electron chi connectivity index (χ4n) is 2.64. The maximum atomic E-state index is 12.3. The second-order valence-electron chi connectivity index (χ2n) is 5.16. The Hall–Kier alpha value is -1.85. The highest BCUT2D eigenvalue weighted by atomic mass is 79.9. The SMILES string of the molecule is Nc1ccc(C(=O)N[C@@H]2c3ccccc3C[C@@H]2O)cc1Br. The van der Waals surface area contributed by atoms with Crippen molar-refractivity contribution in [3.63, 3.8) is 0 Å². The standard InChI is InChI=1S/C16H15BrN2O2/c17-12-7-10(5-6-13(12)18)16(21)19-15-11-4-2-1-3-9(11)8-14(15)20/h1-7,14-15,20H,8,18H2,(H,19,21)/t14-,15+/m0/s1. The lowest BCUT2D eigenvalue weighted by Crippen LogP contribution is -2.33. The summed E-state index contributed by atoms with van der Waals surface area (Å²) in [6.07, 6.45) is -0.0319. The Morgan fingerprint density at radius 1 is 1.29 bits per heavy atom. The van der Waals surface area contributed by atoms with Gasteiger partial charge in [0.25, 0.3) is 5.91 Å². The molecule has 5 heteroatoms. The number of anilines is 1. The molecule has 4 N–H and O–H groups in total. The molecule has 0 radical (unpaired) electrons. The molecule has 108 valence electrons. The molecule has 2 aromatic carbocycles. The maximum Gasteiger partial charge on any atom is 0.251 e. The van der Waals surface area contributed by atoms with Crippen LogP contribution >= 0.6 is 15.9 Å². The van der Waals surface area contributed by atoms with E-state index in [0.717, 1.165) is 11.1 Å². The maximum absolute atomic E-state index is 12.3. The molecule has 0 heterocycles. The largest absolute Gasteiger partial charge is 0.398 e. The van der Waals surface area contributed by atoms with E-state index in [2.05, 4.69) is 21.2 Å². The molecule has 0 fully saturated rings. The molecular formula is C16H15BrN2O2. The van der Waals surface area contributed by atoms with Crippen LogP contribution in [0.15, 0.2) is 46.9 Å². The van der Waals surface area contributed by atoms with E-state index in [9.17, 15) is 9.90 Å². The molecule has 21 heavy (non-hydrogen) atoms. The first-order valence-corrected chi connectivity index (χ1v) is 7.47. The Morgan fingerprint density at radius 3 is 2.81 bits per heavy atom. The topological polar surface area (TPSA) is 75.4 Å². The van der Waals surface area contributed by atoms with Gasteiger partial charge in [-0.15, -0.1) is 0 Å². The van der Waals surface area contributed by atoms with Gasteiger partial charge in [-0.3, -0.25) is 4.79 Å². The van der Waals surface area contributed by atoms with E-state index in [1.165, 1.54) is 0 Å². The van der Waals surface area contributed by atoms with Gasteiger partial charge in [0.1, 0.15) is 0 Å². The van der Waals surface area contributed by atoms with E-state index >= 15 is 0 Å². The van der Waals surface area contributed by atoms with Gasteiger partial charge in [-0.05, 0) is 45.3 Å². The monoisotopic (exact) mass is 346 g/mol.